The van der Waals surface area contributed by atoms with E-state index < -0.39 is 0 Å². The summed E-state index contributed by atoms with van der Waals surface area (Å²) in [6, 6.07) is 19.0. The van der Waals surface area contributed by atoms with E-state index in [2.05, 4.69) is 41.5 Å². The van der Waals surface area contributed by atoms with Gasteiger partial charge >= 0.3 is 0 Å². The van der Waals surface area contributed by atoms with Crippen molar-refractivity contribution in [2.75, 3.05) is 5.32 Å². The van der Waals surface area contributed by atoms with E-state index in [4.69, 9.17) is 4.98 Å². The van der Waals surface area contributed by atoms with Crippen molar-refractivity contribution in [3.63, 3.8) is 0 Å². The van der Waals surface area contributed by atoms with Crippen LogP contribution in [0.25, 0.3) is 55.3 Å². The van der Waals surface area contributed by atoms with Crippen LogP contribution in [0.4, 0.5) is 5.69 Å². The quantitative estimate of drug-likeness (QED) is 0.261. The molecule has 0 atom stereocenters. The molecule has 1 aromatic carbocycles. The molecule has 0 saturated carbocycles. The zero-order valence-electron chi connectivity index (χ0n) is 19.7. The van der Waals surface area contributed by atoms with E-state index in [0.717, 1.165) is 32.5 Å². The molecule has 0 radical (unpaired) electrons. The third-order valence-electron chi connectivity index (χ3n) is 6.18. The predicted octanol–water partition coefficient (Wildman–Crippen LogP) is 5.94. The number of H-pyrrole nitrogens is 2. The summed E-state index contributed by atoms with van der Waals surface area (Å²) in [6.45, 7) is 0. The Hall–Kier alpha value is -5.22. The highest BCUT2D eigenvalue weighted by molar-refractivity contribution is 7.13. The zero-order valence-corrected chi connectivity index (χ0v) is 20.5. The number of benzene rings is 1. The second kappa shape index (κ2) is 9.02. The lowest BCUT2D eigenvalue weighted by molar-refractivity contribution is 0.102. The summed E-state index contributed by atoms with van der Waals surface area (Å²) in [4.78, 5) is 35.3. The van der Waals surface area contributed by atoms with Gasteiger partial charge in [0.15, 0.2) is 17.1 Å². The molecule has 0 aliphatic heterocycles. The maximum atomic E-state index is 12.6. The fourth-order valence-electron chi connectivity index (χ4n) is 4.35. The number of carbonyl (C=O) groups excluding carboxylic acids is 1. The van der Waals surface area contributed by atoms with Gasteiger partial charge in [-0.25, -0.2) is 15.0 Å². The number of hydrogen-bond acceptors (Lipinski definition) is 7. The molecule has 10 heteroatoms. The van der Waals surface area contributed by atoms with Gasteiger partial charge in [0.05, 0.1) is 17.3 Å². The molecule has 1 amide bonds. The normalized spacial score (nSPS) is 11.3. The first-order chi connectivity index (χ1) is 18.7. The van der Waals surface area contributed by atoms with Gasteiger partial charge in [-0.15, -0.1) is 11.3 Å². The van der Waals surface area contributed by atoms with Gasteiger partial charge in [-0.2, -0.15) is 5.10 Å². The molecule has 0 unspecified atom stereocenters. The number of rotatable bonds is 5. The fourth-order valence-corrected chi connectivity index (χ4v) is 5.11. The van der Waals surface area contributed by atoms with Crippen molar-refractivity contribution < 1.29 is 4.79 Å². The van der Waals surface area contributed by atoms with E-state index in [1.54, 1.807) is 48.3 Å². The molecule has 0 fully saturated rings. The van der Waals surface area contributed by atoms with E-state index in [9.17, 15) is 4.79 Å². The summed E-state index contributed by atoms with van der Waals surface area (Å²) in [5.74, 6) is 0.402. The van der Waals surface area contributed by atoms with Gasteiger partial charge in [0, 0.05) is 45.7 Å². The van der Waals surface area contributed by atoms with Crippen LogP contribution in [0.5, 0.6) is 0 Å². The van der Waals surface area contributed by atoms with Gasteiger partial charge in [0.25, 0.3) is 5.91 Å². The Morgan fingerprint density at radius 2 is 1.79 bits per heavy atom. The number of imidazole rings is 1. The minimum absolute atomic E-state index is 0.198. The maximum Gasteiger partial charge on any atom is 0.255 e. The fraction of sp³-hybridized carbons (Fsp3) is 0. The van der Waals surface area contributed by atoms with Crippen LogP contribution in [-0.2, 0) is 0 Å². The van der Waals surface area contributed by atoms with Crippen LogP contribution in [0.1, 0.15) is 10.4 Å². The van der Waals surface area contributed by atoms with Gasteiger partial charge < -0.3 is 10.3 Å². The number of nitrogens with zero attached hydrogens (tertiary/aromatic N) is 5. The van der Waals surface area contributed by atoms with Crippen molar-refractivity contribution in [2.24, 2.45) is 0 Å². The van der Waals surface area contributed by atoms with E-state index in [-0.39, 0.29) is 5.91 Å². The van der Waals surface area contributed by atoms with Crippen LogP contribution < -0.4 is 5.32 Å². The minimum Gasteiger partial charge on any atom is -0.321 e. The Bertz CT molecular complexity index is 1930. The number of nitrogens with one attached hydrogen (secondary N) is 3. The molecular weight excluding hydrogens is 496 g/mol. The highest BCUT2D eigenvalue weighted by Crippen LogP contribution is 2.33. The van der Waals surface area contributed by atoms with Gasteiger partial charge in [-0.05, 0) is 41.8 Å². The summed E-state index contributed by atoms with van der Waals surface area (Å²) in [5, 5.41) is 13.2. The van der Waals surface area contributed by atoms with E-state index >= 15 is 0 Å². The molecule has 6 aromatic heterocycles. The molecule has 6 heterocycles. The molecule has 7 rings (SSSR count). The average molecular weight is 515 g/mol. The predicted molar refractivity (Wildman–Crippen MR) is 148 cm³/mol. The van der Waals surface area contributed by atoms with E-state index in [1.165, 1.54) is 0 Å². The standard InChI is InChI=1S/C28H18N8OS/c37-28(16-5-2-1-3-6-16)32-19-11-17(13-29-15-19)18-12-21-24(35-36-25(21)31-14-18)27-33-23-20(22-7-4-10-38-22)8-9-30-26(23)34-27/h1-15H,(H,32,37)(H,30,33,34)(H,31,35,36). The summed E-state index contributed by atoms with van der Waals surface area (Å²) >= 11 is 1.66. The number of thiophene rings is 1. The van der Waals surface area contributed by atoms with Crippen LogP contribution in [0.2, 0.25) is 0 Å². The van der Waals surface area contributed by atoms with Crippen molar-refractivity contribution in [3.05, 3.63) is 96.4 Å². The highest BCUT2D eigenvalue weighted by Gasteiger charge is 2.17. The molecule has 0 spiro atoms. The van der Waals surface area contributed by atoms with Crippen molar-refractivity contribution in [2.45, 2.75) is 0 Å². The van der Waals surface area contributed by atoms with Crippen molar-refractivity contribution in [1.82, 2.24) is 35.1 Å². The summed E-state index contributed by atoms with van der Waals surface area (Å²) in [5.41, 5.74) is 6.59. The molecule has 0 bridgehead atoms. The molecule has 3 N–H and O–H groups in total. The smallest absolute Gasteiger partial charge is 0.255 e. The van der Waals surface area contributed by atoms with Crippen LogP contribution in [-0.4, -0.2) is 41.0 Å². The molecule has 7 aromatic rings. The Kier molecular flexibility index (Phi) is 5.22. The molecule has 0 aliphatic carbocycles. The number of pyridine rings is 3. The number of fused-ring (bicyclic) bond motifs is 2. The number of aromatic nitrogens is 7. The van der Waals surface area contributed by atoms with Crippen LogP contribution >= 0.6 is 11.3 Å². The zero-order chi connectivity index (χ0) is 25.5. The Labute approximate surface area is 219 Å². The topological polar surface area (TPSA) is 125 Å². The second-order valence-electron chi connectivity index (χ2n) is 8.59. The number of carbonyl (C=O) groups is 1. The summed E-state index contributed by atoms with van der Waals surface area (Å²) < 4.78 is 0. The molecule has 182 valence electrons. The minimum atomic E-state index is -0.198. The first-order valence-corrected chi connectivity index (χ1v) is 12.7. The first-order valence-electron chi connectivity index (χ1n) is 11.8. The summed E-state index contributed by atoms with van der Waals surface area (Å²) in [6.07, 6.45) is 6.88. The van der Waals surface area contributed by atoms with Crippen LogP contribution in [0, 0.1) is 0 Å². The summed E-state index contributed by atoms with van der Waals surface area (Å²) in [7, 11) is 0. The largest absolute Gasteiger partial charge is 0.321 e. The molecule has 0 aliphatic rings. The van der Waals surface area contributed by atoms with E-state index in [1.807, 2.05) is 47.8 Å². The number of aromatic amines is 2. The lowest BCUT2D eigenvalue weighted by Gasteiger charge is -2.07. The lowest BCUT2D eigenvalue weighted by atomic mass is 10.1. The molecular formula is C28H18N8OS. The van der Waals surface area contributed by atoms with Crippen molar-refractivity contribution in [3.8, 4) is 33.1 Å². The van der Waals surface area contributed by atoms with Gasteiger partial charge in [0.1, 0.15) is 11.2 Å². The van der Waals surface area contributed by atoms with Gasteiger partial charge in [-0.1, -0.05) is 24.3 Å². The molecule has 9 nitrogen and oxygen atoms in total. The highest BCUT2D eigenvalue weighted by atomic mass is 32.1. The number of anilines is 1. The Balaban J connectivity index is 1.25. The maximum absolute atomic E-state index is 12.6. The SMILES string of the molecule is O=C(Nc1cncc(-c2cnc3[nH]nc(-c4nc5c(-c6cccs6)ccnc5[nH]4)c3c2)c1)c1ccccc1. The van der Waals surface area contributed by atoms with E-state index in [0.29, 0.717) is 34.1 Å². The van der Waals surface area contributed by atoms with Gasteiger partial charge in [0.2, 0.25) is 0 Å². The van der Waals surface area contributed by atoms with Crippen molar-refractivity contribution in [1.29, 1.82) is 0 Å². The monoisotopic (exact) mass is 514 g/mol. The van der Waals surface area contributed by atoms with Crippen LogP contribution in [0.3, 0.4) is 0 Å². The number of amides is 1. The average Bonchev–Trinajstić information content (AvgIpc) is 3.73. The third kappa shape index (κ3) is 3.89. The lowest BCUT2D eigenvalue weighted by Crippen LogP contribution is -2.11. The number of hydrogen-bond donors (Lipinski definition) is 3. The third-order valence-corrected chi connectivity index (χ3v) is 7.08. The van der Waals surface area contributed by atoms with Crippen molar-refractivity contribution >= 4 is 45.1 Å². The first kappa shape index (κ1) is 22.0. The van der Waals surface area contributed by atoms with Gasteiger partial charge in [-0.3, -0.25) is 14.9 Å². The molecule has 38 heavy (non-hydrogen) atoms. The van der Waals surface area contributed by atoms with Crippen LogP contribution in [0.15, 0.2) is 90.8 Å². The Morgan fingerprint density at radius 1 is 0.895 bits per heavy atom. The second-order valence-corrected chi connectivity index (χ2v) is 9.54. The molecule has 0 saturated heterocycles. The Morgan fingerprint density at radius 3 is 2.66 bits per heavy atom.